The van der Waals surface area contributed by atoms with Crippen LogP contribution in [0.15, 0.2) is 10.9 Å². The number of nitrogens with zero attached hydrogens (tertiary/aromatic N) is 3. The average Bonchev–Trinajstić information content (AvgIpc) is 2.58. The van der Waals surface area contributed by atoms with Crippen LogP contribution in [0.25, 0.3) is 5.65 Å². The molecule has 7 nitrogen and oxygen atoms in total. The fourth-order valence-electron chi connectivity index (χ4n) is 1.31. The lowest BCUT2D eigenvalue weighted by Crippen LogP contribution is -2.15. The number of ether oxygens (including phenoxy) is 1. The van der Waals surface area contributed by atoms with E-state index in [1.54, 1.807) is 13.0 Å². The molecule has 0 saturated carbocycles. The Labute approximate surface area is 84.9 Å². The van der Waals surface area contributed by atoms with E-state index in [0.717, 1.165) is 0 Å². The summed E-state index contributed by atoms with van der Waals surface area (Å²) in [6, 6.07) is 1.58. The smallest absolute Gasteiger partial charge is 0.349 e. The van der Waals surface area contributed by atoms with E-state index >= 15 is 0 Å². The molecule has 15 heavy (non-hydrogen) atoms. The minimum atomic E-state index is -0.305. The van der Waals surface area contributed by atoms with Gasteiger partial charge < -0.3 is 10.5 Å². The molecule has 0 amide bonds. The molecular weight excluding hydrogens is 198 g/mol. The Hall–Kier alpha value is -1.89. The van der Waals surface area contributed by atoms with Crippen molar-refractivity contribution in [3.63, 3.8) is 0 Å². The van der Waals surface area contributed by atoms with Crippen LogP contribution in [0.5, 0.6) is 5.88 Å². The third-order valence-corrected chi connectivity index (χ3v) is 1.91. The number of aromatic amines is 1. The van der Waals surface area contributed by atoms with E-state index in [4.69, 9.17) is 10.5 Å². The standard InChI is InChI=1S/C8H11N5O2/c1-5-10-7(15-3-2-9)4-6-11-12-8(14)13(5)6/h4H,2-3,9H2,1H3,(H,12,14). The Kier molecular flexibility index (Phi) is 2.38. The van der Waals surface area contributed by atoms with Crippen LogP contribution in [0, 0.1) is 6.92 Å². The molecule has 0 aliphatic carbocycles. The Bertz CT molecular complexity index is 529. The number of nitrogens with two attached hydrogens (primary N) is 1. The molecular formula is C8H11N5O2. The molecule has 0 fully saturated rings. The number of hydrogen-bond acceptors (Lipinski definition) is 5. The van der Waals surface area contributed by atoms with Crippen molar-refractivity contribution in [2.24, 2.45) is 5.73 Å². The summed E-state index contributed by atoms with van der Waals surface area (Å²) in [6.45, 7) is 2.51. The first kappa shape index (κ1) is 9.66. The van der Waals surface area contributed by atoms with E-state index in [-0.39, 0.29) is 5.69 Å². The number of H-pyrrole nitrogens is 1. The third-order valence-electron chi connectivity index (χ3n) is 1.91. The molecule has 0 unspecified atom stereocenters. The van der Waals surface area contributed by atoms with E-state index in [1.807, 2.05) is 0 Å². The predicted molar refractivity (Wildman–Crippen MR) is 52.9 cm³/mol. The summed E-state index contributed by atoms with van der Waals surface area (Å²) >= 11 is 0. The maximum atomic E-state index is 11.3. The zero-order valence-corrected chi connectivity index (χ0v) is 8.23. The van der Waals surface area contributed by atoms with Gasteiger partial charge in [0.2, 0.25) is 5.88 Å². The predicted octanol–water partition coefficient (Wildman–Crippen LogP) is -0.936. The molecule has 0 radical (unpaired) electrons. The number of hydrogen-bond donors (Lipinski definition) is 2. The van der Waals surface area contributed by atoms with Gasteiger partial charge in [-0.1, -0.05) is 0 Å². The summed E-state index contributed by atoms with van der Waals surface area (Å²) in [7, 11) is 0. The molecule has 7 heteroatoms. The Morgan fingerprint density at radius 1 is 1.67 bits per heavy atom. The highest BCUT2D eigenvalue weighted by molar-refractivity contribution is 5.40. The summed E-state index contributed by atoms with van der Waals surface area (Å²) in [4.78, 5) is 15.4. The van der Waals surface area contributed by atoms with Crippen molar-refractivity contribution < 1.29 is 4.74 Å². The summed E-state index contributed by atoms with van der Waals surface area (Å²) < 4.78 is 6.62. The molecule has 80 valence electrons. The van der Waals surface area contributed by atoms with Crippen LogP contribution >= 0.6 is 0 Å². The van der Waals surface area contributed by atoms with Gasteiger partial charge >= 0.3 is 5.69 Å². The van der Waals surface area contributed by atoms with Crippen molar-refractivity contribution in [3.05, 3.63) is 22.4 Å². The summed E-state index contributed by atoms with van der Waals surface area (Å²) in [5, 5.41) is 6.16. The number of aryl methyl sites for hydroxylation is 1. The van der Waals surface area contributed by atoms with Crippen molar-refractivity contribution in [1.29, 1.82) is 0 Å². The monoisotopic (exact) mass is 209 g/mol. The lowest BCUT2D eigenvalue weighted by atomic mass is 10.5. The van der Waals surface area contributed by atoms with E-state index in [1.165, 1.54) is 4.40 Å². The van der Waals surface area contributed by atoms with E-state index in [0.29, 0.717) is 30.5 Å². The number of nitrogens with one attached hydrogen (secondary N) is 1. The van der Waals surface area contributed by atoms with E-state index in [9.17, 15) is 4.79 Å². The van der Waals surface area contributed by atoms with E-state index < -0.39 is 0 Å². The molecule has 0 aromatic carbocycles. The van der Waals surface area contributed by atoms with Gasteiger partial charge in [-0.3, -0.25) is 0 Å². The Balaban J connectivity index is 2.49. The second-order valence-corrected chi connectivity index (χ2v) is 3.00. The van der Waals surface area contributed by atoms with Gasteiger partial charge in [-0.05, 0) is 6.92 Å². The molecule has 2 heterocycles. The number of aromatic nitrogens is 4. The van der Waals surface area contributed by atoms with Gasteiger partial charge in [0.25, 0.3) is 0 Å². The highest BCUT2D eigenvalue weighted by Crippen LogP contribution is 2.09. The summed E-state index contributed by atoms with van der Waals surface area (Å²) in [6.07, 6.45) is 0. The molecule has 2 aromatic heterocycles. The highest BCUT2D eigenvalue weighted by Gasteiger charge is 2.06. The largest absolute Gasteiger partial charge is 0.476 e. The maximum Gasteiger partial charge on any atom is 0.349 e. The summed E-state index contributed by atoms with van der Waals surface area (Å²) in [5.74, 6) is 0.947. The number of fused-ring (bicyclic) bond motifs is 1. The minimum Gasteiger partial charge on any atom is -0.476 e. The van der Waals surface area contributed by atoms with Crippen molar-refractivity contribution >= 4 is 5.65 Å². The first-order valence-corrected chi connectivity index (χ1v) is 4.50. The van der Waals surface area contributed by atoms with E-state index in [2.05, 4.69) is 15.2 Å². The second kappa shape index (κ2) is 3.70. The molecule has 0 spiro atoms. The second-order valence-electron chi connectivity index (χ2n) is 3.00. The minimum absolute atomic E-state index is 0.305. The fraction of sp³-hybridized carbons (Fsp3) is 0.375. The van der Waals surface area contributed by atoms with Gasteiger partial charge in [0.15, 0.2) is 5.65 Å². The third kappa shape index (κ3) is 1.68. The van der Waals surface area contributed by atoms with Crippen molar-refractivity contribution in [2.75, 3.05) is 13.2 Å². The quantitative estimate of drug-likeness (QED) is 0.680. The van der Waals surface area contributed by atoms with Gasteiger partial charge in [0, 0.05) is 12.6 Å². The fourth-order valence-corrected chi connectivity index (χ4v) is 1.31. The zero-order chi connectivity index (χ0) is 10.8. The van der Waals surface area contributed by atoms with Gasteiger partial charge in [-0.2, -0.15) is 10.1 Å². The molecule has 0 bridgehead atoms. The van der Waals surface area contributed by atoms with Crippen LogP contribution in [0.2, 0.25) is 0 Å². The highest BCUT2D eigenvalue weighted by atomic mass is 16.5. The first-order chi connectivity index (χ1) is 7.22. The topological polar surface area (TPSA) is 98.3 Å². The van der Waals surface area contributed by atoms with Crippen molar-refractivity contribution in [3.8, 4) is 5.88 Å². The van der Waals surface area contributed by atoms with Gasteiger partial charge in [-0.15, -0.1) is 0 Å². The zero-order valence-electron chi connectivity index (χ0n) is 8.23. The van der Waals surface area contributed by atoms with Crippen LogP contribution in [-0.4, -0.2) is 32.7 Å². The van der Waals surface area contributed by atoms with Gasteiger partial charge in [-0.25, -0.2) is 14.3 Å². The van der Waals surface area contributed by atoms with Crippen LogP contribution in [0.1, 0.15) is 5.82 Å². The van der Waals surface area contributed by atoms with Gasteiger partial charge in [0.1, 0.15) is 12.4 Å². The molecule has 3 N–H and O–H groups in total. The Morgan fingerprint density at radius 3 is 3.20 bits per heavy atom. The SMILES string of the molecule is Cc1nc(OCCN)cc2n[nH]c(=O)n12. The molecule has 0 saturated heterocycles. The van der Waals surface area contributed by atoms with Crippen LogP contribution in [0.4, 0.5) is 0 Å². The molecule has 0 aliphatic rings. The lowest BCUT2D eigenvalue weighted by molar-refractivity contribution is 0.314. The molecule has 0 atom stereocenters. The van der Waals surface area contributed by atoms with Crippen LogP contribution in [0.3, 0.4) is 0 Å². The van der Waals surface area contributed by atoms with Crippen molar-refractivity contribution in [1.82, 2.24) is 19.6 Å². The average molecular weight is 209 g/mol. The molecule has 2 aromatic rings. The van der Waals surface area contributed by atoms with Gasteiger partial charge in [0.05, 0.1) is 0 Å². The molecule has 0 aliphatic heterocycles. The Morgan fingerprint density at radius 2 is 2.47 bits per heavy atom. The summed E-state index contributed by atoms with van der Waals surface area (Å²) in [5.41, 5.74) is 5.48. The van der Waals surface area contributed by atoms with Crippen LogP contribution < -0.4 is 16.2 Å². The normalized spacial score (nSPS) is 10.8. The lowest BCUT2D eigenvalue weighted by Gasteiger charge is -2.04. The van der Waals surface area contributed by atoms with Crippen molar-refractivity contribution in [2.45, 2.75) is 6.92 Å². The first-order valence-electron chi connectivity index (χ1n) is 4.50. The van der Waals surface area contributed by atoms with Crippen LogP contribution in [-0.2, 0) is 0 Å². The molecule has 2 rings (SSSR count). The number of rotatable bonds is 3. The maximum absolute atomic E-state index is 11.3.